The summed E-state index contributed by atoms with van der Waals surface area (Å²) in [5.74, 6) is 0.722. The molecule has 1 aromatic carbocycles. The van der Waals surface area contributed by atoms with Crippen molar-refractivity contribution in [2.75, 3.05) is 7.11 Å². The Morgan fingerprint density at radius 3 is 2.82 bits per heavy atom. The monoisotopic (exact) mass is 297 g/mol. The molecule has 2 heterocycles. The molecule has 3 aromatic rings. The van der Waals surface area contributed by atoms with Crippen LogP contribution in [0.2, 0.25) is 0 Å². The molecule has 1 aliphatic carbocycles. The van der Waals surface area contributed by atoms with Crippen LogP contribution < -0.4 is 5.56 Å². The summed E-state index contributed by atoms with van der Waals surface area (Å²) in [5.41, 5.74) is 1.27. The first-order valence-corrected chi connectivity index (χ1v) is 7.27. The maximum Gasteiger partial charge on any atom is 0.327 e. The highest BCUT2D eigenvalue weighted by atomic mass is 16.5. The molecule has 0 spiro atoms. The van der Waals surface area contributed by atoms with Crippen molar-refractivity contribution in [3.8, 4) is 0 Å². The molecule has 4 rings (SSSR count). The number of methoxy groups -OCH3 is 1. The third-order valence-electron chi connectivity index (χ3n) is 4.07. The fourth-order valence-electron chi connectivity index (χ4n) is 2.80. The highest BCUT2D eigenvalue weighted by Gasteiger charge is 2.30. The summed E-state index contributed by atoms with van der Waals surface area (Å²) < 4.78 is 7.80. The van der Waals surface area contributed by atoms with Gasteiger partial charge in [0.05, 0.1) is 12.6 Å². The number of para-hydroxylation sites is 1. The molecule has 0 saturated heterocycles. The van der Waals surface area contributed by atoms with Crippen LogP contribution in [-0.2, 0) is 16.1 Å². The maximum atomic E-state index is 12.6. The SMILES string of the molecule is COC(=O)Cn1nc(C2CC2)n2c(cc3ccccc32)c1=O. The first-order chi connectivity index (χ1) is 10.7. The molecule has 0 unspecified atom stereocenters. The lowest BCUT2D eigenvalue weighted by atomic mass is 10.2. The Balaban J connectivity index is 2.05. The Bertz CT molecular complexity index is 950. The zero-order valence-corrected chi connectivity index (χ0v) is 12.2. The second-order valence-corrected chi connectivity index (χ2v) is 5.60. The average molecular weight is 297 g/mol. The number of hydrogen-bond donors (Lipinski definition) is 0. The van der Waals surface area contributed by atoms with Crippen LogP contribution in [0, 0.1) is 0 Å². The number of ether oxygens (including phenoxy) is 1. The van der Waals surface area contributed by atoms with Gasteiger partial charge in [0.1, 0.15) is 17.9 Å². The molecule has 1 fully saturated rings. The molecule has 2 aromatic heterocycles. The van der Waals surface area contributed by atoms with Crippen molar-refractivity contribution in [2.24, 2.45) is 0 Å². The summed E-state index contributed by atoms with van der Waals surface area (Å²) in [6.07, 6.45) is 2.12. The first kappa shape index (κ1) is 13.1. The summed E-state index contributed by atoms with van der Waals surface area (Å²) in [6.45, 7) is -0.160. The van der Waals surface area contributed by atoms with E-state index in [1.165, 1.54) is 11.8 Å². The van der Waals surface area contributed by atoms with Crippen LogP contribution in [-0.4, -0.2) is 27.3 Å². The lowest BCUT2D eigenvalue weighted by molar-refractivity contribution is -0.141. The van der Waals surface area contributed by atoms with Crippen LogP contribution >= 0.6 is 0 Å². The normalized spacial score (nSPS) is 14.6. The highest BCUT2D eigenvalue weighted by molar-refractivity contribution is 5.87. The predicted octanol–water partition coefficient (Wildman–Crippen LogP) is 1.70. The molecule has 0 bridgehead atoms. The van der Waals surface area contributed by atoms with E-state index in [4.69, 9.17) is 0 Å². The van der Waals surface area contributed by atoms with E-state index in [0.717, 1.165) is 29.6 Å². The van der Waals surface area contributed by atoms with Crippen molar-refractivity contribution in [1.82, 2.24) is 14.2 Å². The maximum absolute atomic E-state index is 12.6. The van der Waals surface area contributed by atoms with Crippen molar-refractivity contribution in [2.45, 2.75) is 25.3 Å². The molecule has 6 nitrogen and oxygen atoms in total. The van der Waals surface area contributed by atoms with Crippen molar-refractivity contribution < 1.29 is 9.53 Å². The number of fused-ring (bicyclic) bond motifs is 3. The molecule has 1 aliphatic rings. The van der Waals surface area contributed by atoms with Gasteiger partial charge in [-0.1, -0.05) is 18.2 Å². The number of esters is 1. The molecular formula is C16H15N3O3. The Hall–Kier alpha value is -2.63. The standard InChI is InChI=1S/C16H15N3O3/c1-22-14(20)9-18-16(21)13-8-11-4-2-3-5-12(11)19(13)15(17-18)10-6-7-10/h2-5,8,10H,6-7,9H2,1H3. The molecule has 6 heteroatoms. The average Bonchev–Trinajstić information content (AvgIpc) is 3.30. The minimum atomic E-state index is -0.475. The zero-order valence-electron chi connectivity index (χ0n) is 12.2. The number of carbonyl (C=O) groups is 1. The van der Waals surface area contributed by atoms with Crippen molar-refractivity contribution >= 4 is 22.4 Å². The number of hydrogen-bond acceptors (Lipinski definition) is 4. The number of rotatable bonds is 3. The van der Waals surface area contributed by atoms with E-state index in [-0.39, 0.29) is 12.1 Å². The number of nitrogens with zero attached hydrogens (tertiary/aromatic N) is 3. The summed E-state index contributed by atoms with van der Waals surface area (Å²) in [7, 11) is 1.30. The fourth-order valence-corrected chi connectivity index (χ4v) is 2.80. The van der Waals surface area contributed by atoms with Gasteiger partial charge in [-0.15, -0.1) is 0 Å². The molecule has 1 saturated carbocycles. The number of benzene rings is 1. The third kappa shape index (κ3) is 1.91. The minimum absolute atomic E-state index is 0.160. The molecule has 0 aliphatic heterocycles. The van der Waals surface area contributed by atoms with E-state index in [0.29, 0.717) is 11.4 Å². The van der Waals surface area contributed by atoms with E-state index in [9.17, 15) is 9.59 Å². The first-order valence-electron chi connectivity index (χ1n) is 7.27. The summed E-state index contributed by atoms with van der Waals surface area (Å²) in [6, 6.07) is 9.71. The highest BCUT2D eigenvalue weighted by Crippen LogP contribution is 2.39. The van der Waals surface area contributed by atoms with Crippen molar-refractivity contribution in [3.05, 3.63) is 46.5 Å². The van der Waals surface area contributed by atoms with Crippen LogP contribution in [0.15, 0.2) is 35.1 Å². The smallest absolute Gasteiger partial charge is 0.327 e. The van der Waals surface area contributed by atoms with E-state index >= 15 is 0 Å². The third-order valence-corrected chi connectivity index (χ3v) is 4.07. The topological polar surface area (TPSA) is 65.6 Å². The zero-order chi connectivity index (χ0) is 15.3. The van der Waals surface area contributed by atoms with Crippen molar-refractivity contribution in [1.29, 1.82) is 0 Å². The van der Waals surface area contributed by atoms with Gasteiger partial charge in [-0.25, -0.2) is 4.68 Å². The van der Waals surface area contributed by atoms with Crippen LogP contribution in [0.1, 0.15) is 24.6 Å². The van der Waals surface area contributed by atoms with Gasteiger partial charge in [0.2, 0.25) is 0 Å². The molecule has 0 radical (unpaired) electrons. The molecule has 22 heavy (non-hydrogen) atoms. The molecule has 0 amide bonds. The van der Waals surface area contributed by atoms with Gasteiger partial charge >= 0.3 is 5.97 Å². The van der Waals surface area contributed by atoms with Gasteiger partial charge in [-0.2, -0.15) is 5.10 Å². The Kier molecular flexibility index (Phi) is 2.79. The molecule has 0 atom stereocenters. The molecule has 112 valence electrons. The fraction of sp³-hybridized carbons (Fsp3) is 0.312. The van der Waals surface area contributed by atoms with Gasteiger partial charge in [-0.3, -0.25) is 14.0 Å². The van der Waals surface area contributed by atoms with Gasteiger partial charge in [0.25, 0.3) is 5.56 Å². The minimum Gasteiger partial charge on any atom is -0.468 e. The number of carbonyl (C=O) groups excluding carboxylic acids is 1. The number of aromatic nitrogens is 3. The van der Waals surface area contributed by atoms with Gasteiger partial charge < -0.3 is 4.74 Å². The van der Waals surface area contributed by atoms with E-state index in [1.54, 1.807) is 0 Å². The second kappa shape index (κ2) is 4.69. The second-order valence-electron chi connectivity index (χ2n) is 5.60. The lowest BCUT2D eigenvalue weighted by Gasteiger charge is -2.09. The quantitative estimate of drug-likeness (QED) is 0.690. The van der Waals surface area contributed by atoms with Gasteiger partial charge in [0.15, 0.2) is 0 Å². The molecular weight excluding hydrogens is 282 g/mol. The van der Waals surface area contributed by atoms with Gasteiger partial charge in [-0.05, 0) is 25.0 Å². The lowest BCUT2D eigenvalue weighted by Crippen LogP contribution is -2.30. The van der Waals surface area contributed by atoms with Crippen molar-refractivity contribution in [3.63, 3.8) is 0 Å². The van der Waals surface area contributed by atoms with Crippen LogP contribution in [0.5, 0.6) is 0 Å². The largest absolute Gasteiger partial charge is 0.468 e. The van der Waals surface area contributed by atoms with Crippen LogP contribution in [0.25, 0.3) is 16.4 Å². The van der Waals surface area contributed by atoms with Crippen LogP contribution in [0.4, 0.5) is 0 Å². The molecule has 0 N–H and O–H groups in total. The summed E-state index contributed by atoms with van der Waals surface area (Å²) in [5, 5.41) is 5.44. The van der Waals surface area contributed by atoms with Crippen LogP contribution in [0.3, 0.4) is 0 Å². The Labute approximate surface area is 125 Å². The summed E-state index contributed by atoms with van der Waals surface area (Å²) in [4.78, 5) is 24.1. The van der Waals surface area contributed by atoms with Gasteiger partial charge in [0, 0.05) is 11.3 Å². The Morgan fingerprint density at radius 1 is 1.32 bits per heavy atom. The summed E-state index contributed by atoms with van der Waals surface area (Å²) >= 11 is 0. The predicted molar refractivity (Wildman–Crippen MR) is 80.9 cm³/mol. The Morgan fingerprint density at radius 2 is 2.09 bits per heavy atom. The van der Waals surface area contributed by atoms with E-state index in [2.05, 4.69) is 9.84 Å². The van der Waals surface area contributed by atoms with E-state index < -0.39 is 5.97 Å². The van der Waals surface area contributed by atoms with E-state index in [1.807, 2.05) is 34.7 Å².